The monoisotopic (exact) mass is 422 g/mol. The first kappa shape index (κ1) is 20.0. The minimum absolute atomic E-state index is 0.137. The van der Waals surface area contributed by atoms with Crippen molar-refractivity contribution in [1.29, 1.82) is 0 Å². The molecule has 1 fully saturated rings. The van der Waals surface area contributed by atoms with Crippen molar-refractivity contribution < 1.29 is 26.3 Å². The van der Waals surface area contributed by atoms with E-state index in [1.807, 2.05) is 0 Å². The molecule has 3 nitrogen and oxygen atoms in total. The highest BCUT2D eigenvalue weighted by molar-refractivity contribution is 7.90. The third-order valence-electron chi connectivity index (χ3n) is 5.91. The van der Waals surface area contributed by atoms with Gasteiger partial charge < -0.3 is 4.74 Å². The summed E-state index contributed by atoms with van der Waals surface area (Å²) < 4.78 is 68.8. The maximum Gasteiger partial charge on any atom is 0.419 e. The van der Waals surface area contributed by atoms with E-state index < -0.39 is 21.6 Å². The molecule has 2 aromatic carbocycles. The summed E-state index contributed by atoms with van der Waals surface area (Å²) in [6.07, 6.45) is 0.299. The zero-order valence-electron chi connectivity index (χ0n) is 16.1. The van der Waals surface area contributed by atoms with Crippen LogP contribution in [0, 0.1) is 5.41 Å². The highest BCUT2D eigenvalue weighted by atomic mass is 32.2. The molecule has 0 aliphatic heterocycles. The van der Waals surface area contributed by atoms with Gasteiger partial charge in [0.1, 0.15) is 5.75 Å². The van der Waals surface area contributed by atoms with Crippen LogP contribution in [0.2, 0.25) is 0 Å². The van der Waals surface area contributed by atoms with Gasteiger partial charge in [0.15, 0.2) is 9.84 Å². The van der Waals surface area contributed by atoms with Gasteiger partial charge >= 0.3 is 6.18 Å². The Hall–Kier alpha value is -2.28. The Bertz CT molecular complexity index is 1090. The molecule has 0 unspecified atom stereocenters. The molecule has 154 valence electrons. The molecule has 2 aliphatic carbocycles. The van der Waals surface area contributed by atoms with Crippen molar-refractivity contribution in [2.75, 3.05) is 13.4 Å². The van der Waals surface area contributed by atoms with Crippen molar-refractivity contribution in [3.63, 3.8) is 0 Å². The van der Waals surface area contributed by atoms with Crippen molar-refractivity contribution in [1.82, 2.24) is 0 Å². The Labute approximate surface area is 168 Å². The van der Waals surface area contributed by atoms with Crippen molar-refractivity contribution in [3.8, 4) is 5.75 Å². The molecule has 4 rings (SSSR count). The lowest BCUT2D eigenvalue weighted by Crippen LogP contribution is -2.08. The molecule has 29 heavy (non-hydrogen) atoms. The maximum atomic E-state index is 13.5. The standard InChI is InChI=1S/C22H21F3O3S/c1-28-20-8-5-15(11-19(20)22(23,24)25)18-13-21(9-10-21)12-17(18)14-3-6-16(7-4-14)29(2,26)27/h3-8,11H,9-10,12-13H2,1-2H3. The molecule has 0 radical (unpaired) electrons. The Balaban J connectivity index is 1.81. The molecule has 7 heteroatoms. The zero-order chi connectivity index (χ0) is 21.0. The Morgan fingerprint density at radius 2 is 1.48 bits per heavy atom. The van der Waals surface area contributed by atoms with Crippen molar-refractivity contribution >= 4 is 21.0 Å². The average Bonchev–Trinajstić information content (AvgIpc) is 3.30. The first-order chi connectivity index (χ1) is 13.5. The number of hydrogen-bond donors (Lipinski definition) is 0. The molecule has 0 aromatic heterocycles. The second kappa shape index (κ2) is 6.62. The van der Waals surface area contributed by atoms with Gasteiger partial charge in [0.25, 0.3) is 0 Å². The van der Waals surface area contributed by atoms with Crippen LogP contribution in [0.4, 0.5) is 13.2 Å². The minimum atomic E-state index is -4.50. The summed E-state index contributed by atoms with van der Waals surface area (Å²) in [5.41, 5.74) is 2.67. The van der Waals surface area contributed by atoms with Crippen molar-refractivity contribution in [3.05, 3.63) is 59.2 Å². The fraction of sp³-hybridized carbons (Fsp3) is 0.364. The summed E-state index contributed by atoms with van der Waals surface area (Å²) in [6.45, 7) is 0. The third kappa shape index (κ3) is 3.80. The lowest BCUT2D eigenvalue weighted by atomic mass is 9.95. The molecule has 0 amide bonds. The highest BCUT2D eigenvalue weighted by Crippen LogP contribution is 2.63. The van der Waals surface area contributed by atoms with Gasteiger partial charge in [-0.25, -0.2) is 8.42 Å². The number of ether oxygens (including phenoxy) is 1. The van der Waals surface area contributed by atoms with Crippen LogP contribution in [-0.4, -0.2) is 21.8 Å². The Morgan fingerprint density at radius 3 is 1.97 bits per heavy atom. The van der Waals surface area contributed by atoms with Gasteiger partial charge in [-0.05, 0) is 77.6 Å². The number of methoxy groups -OCH3 is 1. The van der Waals surface area contributed by atoms with E-state index in [0.29, 0.717) is 5.56 Å². The SMILES string of the molecule is COc1ccc(C2=C(c3ccc(S(C)(=O)=O)cc3)CC3(CC3)C2)cc1C(F)(F)F. The van der Waals surface area contributed by atoms with E-state index in [-0.39, 0.29) is 16.1 Å². The van der Waals surface area contributed by atoms with Crippen LogP contribution < -0.4 is 4.74 Å². The van der Waals surface area contributed by atoms with Crippen LogP contribution in [0.25, 0.3) is 11.1 Å². The van der Waals surface area contributed by atoms with Gasteiger partial charge in [0, 0.05) is 6.26 Å². The second-order valence-corrected chi connectivity index (χ2v) is 10.0. The molecular formula is C22H21F3O3S. The summed E-state index contributed by atoms with van der Waals surface area (Å²) in [7, 11) is -2.07. The van der Waals surface area contributed by atoms with Crippen LogP contribution >= 0.6 is 0 Å². The van der Waals surface area contributed by atoms with Gasteiger partial charge in [0.2, 0.25) is 0 Å². The molecule has 0 bridgehead atoms. The van der Waals surface area contributed by atoms with Crippen molar-refractivity contribution in [2.24, 2.45) is 5.41 Å². The predicted molar refractivity (Wildman–Crippen MR) is 105 cm³/mol. The summed E-state index contributed by atoms with van der Waals surface area (Å²) in [4.78, 5) is 0.228. The van der Waals surface area contributed by atoms with Gasteiger partial charge in [-0.3, -0.25) is 0 Å². The lowest BCUT2D eigenvalue weighted by molar-refractivity contribution is -0.138. The first-order valence-electron chi connectivity index (χ1n) is 9.31. The van der Waals surface area contributed by atoms with Gasteiger partial charge in [-0.15, -0.1) is 0 Å². The van der Waals surface area contributed by atoms with Gasteiger partial charge in [-0.1, -0.05) is 18.2 Å². The van der Waals surface area contributed by atoms with Crippen molar-refractivity contribution in [2.45, 2.75) is 36.8 Å². The topological polar surface area (TPSA) is 43.4 Å². The van der Waals surface area contributed by atoms with Crippen LogP contribution in [-0.2, 0) is 16.0 Å². The quantitative estimate of drug-likeness (QED) is 0.644. The number of alkyl halides is 3. The fourth-order valence-corrected chi connectivity index (χ4v) is 4.76. The molecule has 0 heterocycles. The number of allylic oxidation sites excluding steroid dienone is 2. The number of hydrogen-bond acceptors (Lipinski definition) is 3. The van der Waals surface area contributed by atoms with Crippen LogP contribution in [0.3, 0.4) is 0 Å². The van der Waals surface area contributed by atoms with E-state index in [2.05, 4.69) is 0 Å². The normalized spacial score (nSPS) is 18.4. The summed E-state index contributed by atoms with van der Waals surface area (Å²) in [5, 5.41) is 0. The number of halogens is 3. The molecule has 0 N–H and O–H groups in total. The second-order valence-electron chi connectivity index (χ2n) is 8.02. The molecule has 2 aliphatic rings. The molecule has 2 aromatic rings. The Kier molecular flexibility index (Phi) is 4.57. The summed E-state index contributed by atoms with van der Waals surface area (Å²) in [5.74, 6) is -0.194. The molecule has 1 saturated carbocycles. The van der Waals surface area contributed by atoms with E-state index in [1.54, 1.807) is 30.3 Å². The fourth-order valence-electron chi connectivity index (χ4n) is 4.13. The van der Waals surface area contributed by atoms with Crippen LogP contribution in [0.15, 0.2) is 47.4 Å². The average molecular weight is 422 g/mol. The lowest BCUT2D eigenvalue weighted by Gasteiger charge is -2.15. The molecule has 1 spiro atoms. The summed E-state index contributed by atoms with van der Waals surface area (Å²) in [6, 6.07) is 10.8. The first-order valence-corrected chi connectivity index (χ1v) is 11.2. The molecule has 0 saturated heterocycles. The van der Waals surface area contributed by atoms with E-state index in [1.165, 1.54) is 19.2 Å². The zero-order valence-corrected chi connectivity index (χ0v) is 17.0. The van der Waals surface area contributed by atoms with Crippen LogP contribution in [0.5, 0.6) is 5.75 Å². The Morgan fingerprint density at radius 1 is 0.931 bits per heavy atom. The minimum Gasteiger partial charge on any atom is -0.496 e. The number of rotatable bonds is 4. The third-order valence-corrected chi connectivity index (χ3v) is 7.04. The van der Waals surface area contributed by atoms with Gasteiger partial charge in [-0.2, -0.15) is 13.2 Å². The number of sulfone groups is 1. The van der Waals surface area contributed by atoms with Crippen LogP contribution in [0.1, 0.15) is 42.4 Å². The van der Waals surface area contributed by atoms with E-state index in [4.69, 9.17) is 4.74 Å². The van der Waals surface area contributed by atoms with E-state index in [9.17, 15) is 21.6 Å². The maximum absolute atomic E-state index is 13.5. The predicted octanol–water partition coefficient (Wildman–Crippen LogP) is 5.60. The van der Waals surface area contributed by atoms with E-state index in [0.717, 1.165) is 48.6 Å². The molecule has 0 atom stereocenters. The van der Waals surface area contributed by atoms with E-state index >= 15 is 0 Å². The largest absolute Gasteiger partial charge is 0.496 e. The summed E-state index contributed by atoms with van der Waals surface area (Å²) >= 11 is 0. The smallest absolute Gasteiger partial charge is 0.419 e. The highest BCUT2D eigenvalue weighted by Gasteiger charge is 2.48. The molecular weight excluding hydrogens is 401 g/mol. The number of benzene rings is 2. The van der Waals surface area contributed by atoms with Gasteiger partial charge in [0.05, 0.1) is 17.6 Å².